The van der Waals surface area contributed by atoms with Gasteiger partial charge in [-0.25, -0.2) is 0 Å². The standard InChI is InChI=1S/C6H13.C5H11.2ClH.2Mg/c1-3-5-6-4-2;1-4-5(2)3;;;;/h1,3-6H2,2H3;5H,1,4H2,2-3H3;2*1H;;/q2*-1;;;2*+2/p-2. The van der Waals surface area contributed by atoms with E-state index in [1.807, 2.05) is 0 Å². The summed E-state index contributed by atoms with van der Waals surface area (Å²) in [7, 11) is 0. The van der Waals surface area contributed by atoms with Crippen LogP contribution in [0.25, 0.3) is 0 Å². The Balaban J connectivity index is -0.0000000215. The summed E-state index contributed by atoms with van der Waals surface area (Å²) < 4.78 is 0. The average Bonchev–Trinajstić information content (AvgIpc) is 2.02. The van der Waals surface area contributed by atoms with Crippen LogP contribution in [0.2, 0.25) is 0 Å². The predicted molar refractivity (Wildman–Crippen MR) is 65.8 cm³/mol. The van der Waals surface area contributed by atoms with Crippen LogP contribution in [-0.4, -0.2) is 46.1 Å². The van der Waals surface area contributed by atoms with Crippen molar-refractivity contribution in [2.75, 3.05) is 0 Å². The molecule has 0 nitrogen and oxygen atoms in total. The Morgan fingerprint density at radius 2 is 1.27 bits per heavy atom. The summed E-state index contributed by atoms with van der Waals surface area (Å²) in [5.41, 5.74) is 0. The molecule has 0 aromatic rings. The Labute approximate surface area is 142 Å². The first-order chi connectivity index (χ1) is 5.18. The van der Waals surface area contributed by atoms with Gasteiger partial charge in [0, 0.05) is 0 Å². The molecule has 0 aliphatic rings. The van der Waals surface area contributed by atoms with E-state index in [-0.39, 0.29) is 70.9 Å². The summed E-state index contributed by atoms with van der Waals surface area (Å²) in [6, 6.07) is 0. The smallest absolute Gasteiger partial charge is 1.00 e. The summed E-state index contributed by atoms with van der Waals surface area (Å²) in [5.74, 6) is 0.773. The van der Waals surface area contributed by atoms with E-state index in [1.54, 1.807) is 0 Å². The van der Waals surface area contributed by atoms with Crippen LogP contribution in [0.15, 0.2) is 0 Å². The van der Waals surface area contributed by atoms with Gasteiger partial charge in [-0.2, -0.15) is 12.8 Å². The fourth-order valence-electron chi connectivity index (χ4n) is 0.427. The van der Waals surface area contributed by atoms with Gasteiger partial charge >= 0.3 is 46.1 Å². The monoisotopic (exact) mass is 274 g/mol. The molecule has 0 fully saturated rings. The van der Waals surface area contributed by atoms with Gasteiger partial charge < -0.3 is 38.7 Å². The fraction of sp³-hybridized carbons (Fsp3) is 0.818. The molecule has 0 saturated heterocycles. The number of unbranched alkanes of at least 4 members (excludes halogenated alkanes) is 3. The van der Waals surface area contributed by atoms with Gasteiger partial charge in [-0.05, 0) is 0 Å². The van der Waals surface area contributed by atoms with E-state index < -0.39 is 0 Å². The van der Waals surface area contributed by atoms with Crippen molar-refractivity contribution in [3.05, 3.63) is 13.8 Å². The topological polar surface area (TPSA) is 0 Å². The third-order valence-electron chi connectivity index (χ3n) is 1.43. The van der Waals surface area contributed by atoms with Crippen LogP contribution in [0, 0.1) is 19.8 Å². The maximum Gasteiger partial charge on any atom is 2.00 e. The molecular weight excluding hydrogens is 252 g/mol. The first-order valence-electron chi connectivity index (χ1n) is 4.77. The summed E-state index contributed by atoms with van der Waals surface area (Å²) in [5, 5.41) is 0. The van der Waals surface area contributed by atoms with Crippen LogP contribution in [0.5, 0.6) is 0 Å². The minimum absolute atomic E-state index is 0. The molecule has 0 heterocycles. The molecule has 0 amide bonds. The molecule has 0 unspecified atom stereocenters. The Hall–Kier alpha value is 2.11. The second-order valence-electron chi connectivity index (χ2n) is 3.24. The summed E-state index contributed by atoms with van der Waals surface area (Å²) in [6.07, 6.45) is 6.13. The first-order valence-corrected chi connectivity index (χ1v) is 4.77. The molecule has 4 heteroatoms. The number of rotatable bonds is 4. The molecular formula is C11H24Cl2Mg2. The van der Waals surface area contributed by atoms with E-state index in [9.17, 15) is 0 Å². The van der Waals surface area contributed by atoms with E-state index in [4.69, 9.17) is 0 Å². The zero-order valence-corrected chi connectivity index (χ0v) is 15.0. The van der Waals surface area contributed by atoms with Gasteiger partial charge in [0.25, 0.3) is 0 Å². The molecule has 0 aromatic carbocycles. The van der Waals surface area contributed by atoms with Crippen molar-refractivity contribution in [3.8, 4) is 0 Å². The van der Waals surface area contributed by atoms with Gasteiger partial charge in [-0.3, -0.25) is 0 Å². The predicted octanol–water partition coefficient (Wildman–Crippen LogP) is -2.49. The van der Waals surface area contributed by atoms with Gasteiger partial charge in [-0.1, -0.05) is 46.0 Å². The molecule has 0 N–H and O–H groups in total. The molecule has 0 radical (unpaired) electrons. The minimum atomic E-state index is 0. The Morgan fingerprint density at radius 1 is 0.933 bits per heavy atom. The maximum absolute atomic E-state index is 3.72. The van der Waals surface area contributed by atoms with Crippen molar-refractivity contribution in [3.63, 3.8) is 0 Å². The van der Waals surface area contributed by atoms with Crippen LogP contribution in [-0.2, 0) is 0 Å². The third kappa shape index (κ3) is 63.4. The van der Waals surface area contributed by atoms with E-state index in [0.29, 0.717) is 0 Å². The summed E-state index contributed by atoms with van der Waals surface area (Å²) in [4.78, 5) is 0. The molecule has 0 rings (SSSR count). The van der Waals surface area contributed by atoms with E-state index >= 15 is 0 Å². The minimum Gasteiger partial charge on any atom is -1.00 e. The van der Waals surface area contributed by atoms with Gasteiger partial charge in [0.1, 0.15) is 0 Å². The molecule has 0 saturated carbocycles. The quantitative estimate of drug-likeness (QED) is 0.303. The number of hydrogen-bond acceptors (Lipinski definition) is 0. The normalized spacial score (nSPS) is 6.80. The van der Waals surface area contributed by atoms with Gasteiger partial charge in [-0.15, -0.1) is 0 Å². The van der Waals surface area contributed by atoms with Crippen LogP contribution in [0.1, 0.15) is 52.9 Å². The molecule has 0 aromatic heterocycles. The number of hydrogen-bond donors (Lipinski definition) is 0. The van der Waals surface area contributed by atoms with E-state index in [2.05, 4.69) is 34.6 Å². The van der Waals surface area contributed by atoms with Gasteiger partial charge in [0.2, 0.25) is 0 Å². The zero-order valence-electron chi connectivity index (χ0n) is 10.7. The van der Waals surface area contributed by atoms with Crippen molar-refractivity contribution >= 4 is 46.1 Å². The average molecular weight is 276 g/mol. The zero-order chi connectivity index (χ0) is 9.11. The Morgan fingerprint density at radius 3 is 1.33 bits per heavy atom. The third-order valence-corrected chi connectivity index (χ3v) is 1.43. The molecule has 15 heavy (non-hydrogen) atoms. The largest absolute Gasteiger partial charge is 2.00 e. The maximum atomic E-state index is 3.72. The van der Waals surface area contributed by atoms with Crippen LogP contribution in [0.3, 0.4) is 0 Å². The molecule has 0 aliphatic heterocycles. The second-order valence-corrected chi connectivity index (χ2v) is 3.24. The van der Waals surface area contributed by atoms with Gasteiger partial charge in [0.15, 0.2) is 0 Å². The molecule has 0 bridgehead atoms. The first kappa shape index (κ1) is 36.0. The van der Waals surface area contributed by atoms with Crippen molar-refractivity contribution in [1.29, 1.82) is 0 Å². The van der Waals surface area contributed by atoms with Crippen molar-refractivity contribution in [1.82, 2.24) is 0 Å². The van der Waals surface area contributed by atoms with Gasteiger partial charge in [0.05, 0.1) is 0 Å². The molecule has 0 aliphatic carbocycles. The fourth-order valence-corrected chi connectivity index (χ4v) is 0.427. The van der Waals surface area contributed by atoms with E-state index in [1.165, 1.54) is 19.3 Å². The SMILES string of the molecule is [CH2-]CC(C)C.[CH2-]CCCCC.[Cl-].[Cl-].[Mg+2].[Mg+2]. The summed E-state index contributed by atoms with van der Waals surface area (Å²) in [6.45, 7) is 13.9. The van der Waals surface area contributed by atoms with Crippen molar-refractivity contribution in [2.24, 2.45) is 5.92 Å². The Bertz CT molecular complexity index is 58.5. The molecule has 0 atom stereocenters. The van der Waals surface area contributed by atoms with Crippen molar-refractivity contribution in [2.45, 2.75) is 52.9 Å². The van der Waals surface area contributed by atoms with Crippen LogP contribution < -0.4 is 24.8 Å². The molecule has 0 spiro atoms. The summed E-state index contributed by atoms with van der Waals surface area (Å²) >= 11 is 0. The Kier molecular flexibility index (Phi) is 86.3. The van der Waals surface area contributed by atoms with Crippen LogP contribution >= 0.6 is 0 Å². The van der Waals surface area contributed by atoms with E-state index in [0.717, 1.165) is 18.8 Å². The van der Waals surface area contributed by atoms with Crippen LogP contribution in [0.4, 0.5) is 0 Å². The molecule has 86 valence electrons. The van der Waals surface area contributed by atoms with Crippen molar-refractivity contribution < 1.29 is 24.8 Å². The second kappa shape index (κ2) is 36.0. The number of halogens is 2.